The molecule has 0 bridgehead atoms. The number of rotatable bonds is 3. The molecule has 0 radical (unpaired) electrons. The Morgan fingerprint density at radius 2 is 2.00 bits per heavy atom. The summed E-state index contributed by atoms with van der Waals surface area (Å²) in [6.45, 7) is 1.90. The van der Waals surface area contributed by atoms with E-state index in [9.17, 15) is 4.79 Å². The number of aryl methyl sites for hydroxylation is 1. The van der Waals surface area contributed by atoms with Crippen LogP contribution in [0.4, 0.5) is 0 Å². The molecule has 0 unspecified atom stereocenters. The third kappa shape index (κ3) is 3.08. The summed E-state index contributed by atoms with van der Waals surface area (Å²) in [5.41, 5.74) is 1.20. The Morgan fingerprint density at radius 1 is 1.33 bits per heavy atom. The molecule has 0 amide bonds. The van der Waals surface area contributed by atoms with Gasteiger partial charge in [-0.3, -0.25) is 0 Å². The molecule has 0 fully saturated rings. The number of carboxylic acid groups (broad SMARTS) is 1. The summed E-state index contributed by atoms with van der Waals surface area (Å²) < 4.78 is 0.731. The Kier molecular flexibility index (Phi) is 3.98. The van der Waals surface area contributed by atoms with Crippen LogP contribution in [0.15, 0.2) is 45.1 Å². The first-order valence-corrected chi connectivity index (χ1v) is 6.66. The van der Waals surface area contributed by atoms with Crippen molar-refractivity contribution < 1.29 is 9.90 Å². The van der Waals surface area contributed by atoms with Crippen molar-refractivity contribution in [2.45, 2.75) is 17.0 Å². The lowest BCUT2D eigenvalue weighted by molar-refractivity contribution is 0.0693. The largest absolute Gasteiger partial charge is 0.478 e. The predicted molar refractivity (Wildman–Crippen MR) is 72.0 cm³/mol. The molecule has 1 N–H and O–H groups in total. The molecule has 0 spiro atoms. The number of benzene rings is 1. The Balaban J connectivity index is 2.34. The number of nitrogens with zero attached hydrogens (tertiary/aromatic N) is 2. The fourth-order valence-corrected chi connectivity index (χ4v) is 2.45. The second kappa shape index (κ2) is 5.49. The number of carboxylic acids is 1. The van der Waals surface area contributed by atoms with Crippen molar-refractivity contribution in [1.82, 2.24) is 9.97 Å². The molecular weight excluding hydrogens is 316 g/mol. The zero-order chi connectivity index (χ0) is 13.1. The van der Waals surface area contributed by atoms with Gasteiger partial charge in [-0.25, -0.2) is 14.8 Å². The minimum Gasteiger partial charge on any atom is -0.478 e. The van der Waals surface area contributed by atoms with Gasteiger partial charge in [-0.15, -0.1) is 0 Å². The molecule has 18 heavy (non-hydrogen) atoms. The molecule has 2 rings (SSSR count). The van der Waals surface area contributed by atoms with Gasteiger partial charge in [-0.2, -0.15) is 0 Å². The molecule has 0 aliphatic rings. The van der Waals surface area contributed by atoms with Crippen LogP contribution in [-0.2, 0) is 0 Å². The minimum atomic E-state index is -0.967. The number of aromatic carboxylic acids is 1. The van der Waals surface area contributed by atoms with E-state index in [0.29, 0.717) is 10.1 Å². The SMILES string of the molecule is Cc1cnc(Sc2ccc(Br)cc2C(=O)O)nc1. The average Bonchev–Trinajstić information content (AvgIpc) is 2.34. The molecule has 4 nitrogen and oxygen atoms in total. The normalized spacial score (nSPS) is 10.3. The summed E-state index contributed by atoms with van der Waals surface area (Å²) in [5.74, 6) is -0.967. The van der Waals surface area contributed by atoms with Gasteiger partial charge in [0.2, 0.25) is 0 Å². The van der Waals surface area contributed by atoms with E-state index in [0.717, 1.165) is 10.0 Å². The first-order chi connectivity index (χ1) is 8.56. The number of hydrogen-bond donors (Lipinski definition) is 1. The van der Waals surface area contributed by atoms with Crippen LogP contribution in [-0.4, -0.2) is 21.0 Å². The van der Waals surface area contributed by atoms with Gasteiger partial charge in [0, 0.05) is 21.8 Å². The van der Waals surface area contributed by atoms with E-state index in [1.807, 2.05) is 6.92 Å². The van der Waals surface area contributed by atoms with E-state index in [-0.39, 0.29) is 5.56 Å². The zero-order valence-corrected chi connectivity index (χ0v) is 11.8. The number of halogens is 1. The molecule has 2 aromatic rings. The lowest BCUT2D eigenvalue weighted by atomic mass is 10.2. The summed E-state index contributed by atoms with van der Waals surface area (Å²) in [7, 11) is 0. The van der Waals surface area contributed by atoms with E-state index in [4.69, 9.17) is 5.11 Å². The fraction of sp³-hybridized carbons (Fsp3) is 0.0833. The number of aromatic nitrogens is 2. The monoisotopic (exact) mass is 324 g/mol. The molecule has 1 aromatic carbocycles. The first kappa shape index (κ1) is 13.0. The van der Waals surface area contributed by atoms with Crippen LogP contribution >= 0.6 is 27.7 Å². The Hall–Kier alpha value is -1.40. The van der Waals surface area contributed by atoms with Crippen molar-refractivity contribution in [3.63, 3.8) is 0 Å². The highest BCUT2D eigenvalue weighted by Crippen LogP contribution is 2.29. The molecular formula is C12H9BrN2O2S. The predicted octanol–water partition coefficient (Wildman–Crippen LogP) is 3.40. The molecule has 92 valence electrons. The van der Waals surface area contributed by atoms with Gasteiger partial charge in [-0.1, -0.05) is 15.9 Å². The second-order valence-electron chi connectivity index (χ2n) is 3.59. The highest BCUT2D eigenvalue weighted by atomic mass is 79.9. The van der Waals surface area contributed by atoms with Crippen LogP contribution in [0, 0.1) is 6.92 Å². The summed E-state index contributed by atoms with van der Waals surface area (Å²) in [6, 6.07) is 5.10. The Labute approximate surface area is 117 Å². The van der Waals surface area contributed by atoms with Crippen molar-refractivity contribution >= 4 is 33.7 Å². The lowest BCUT2D eigenvalue weighted by Crippen LogP contribution is -1.99. The maximum atomic E-state index is 11.1. The standard InChI is InChI=1S/C12H9BrN2O2S/c1-7-5-14-12(15-6-7)18-10-3-2-8(13)4-9(10)11(16)17/h2-6H,1H3,(H,16,17). The highest BCUT2D eigenvalue weighted by molar-refractivity contribution is 9.10. The summed E-state index contributed by atoms with van der Waals surface area (Å²) in [4.78, 5) is 20.1. The van der Waals surface area contributed by atoms with E-state index in [1.54, 1.807) is 30.6 Å². The number of carbonyl (C=O) groups is 1. The summed E-state index contributed by atoms with van der Waals surface area (Å²) in [6.07, 6.45) is 3.41. The van der Waals surface area contributed by atoms with Crippen LogP contribution in [0.1, 0.15) is 15.9 Å². The van der Waals surface area contributed by atoms with Gasteiger partial charge in [0.05, 0.1) is 5.56 Å². The minimum absolute atomic E-state index is 0.235. The van der Waals surface area contributed by atoms with Crippen molar-refractivity contribution in [2.24, 2.45) is 0 Å². The van der Waals surface area contributed by atoms with E-state index >= 15 is 0 Å². The van der Waals surface area contributed by atoms with Gasteiger partial charge in [-0.05, 0) is 42.4 Å². The Bertz CT molecular complexity index is 587. The molecule has 1 heterocycles. The van der Waals surface area contributed by atoms with E-state index in [2.05, 4.69) is 25.9 Å². The van der Waals surface area contributed by atoms with Crippen LogP contribution in [0.2, 0.25) is 0 Å². The third-order valence-electron chi connectivity index (χ3n) is 2.13. The first-order valence-electron chi connectivity index (χ1n) is 5.05. The van der Waals surface area contributed by atoms with Crippen molar-refractivity contribution in [3.8, 4) is 0 Å². The van der Waals surface area contributed by atoms with Crippen LogP contribution in [0.25, 0.3) is 0 Å². The number of hydrogen-bond acceptors (Lipinski definition) is 4. The second-order valence-corrected chi connectivity index (χ2v) is 5.52. The molecule has 6 heteroatoms. The quantitative estimate of drug-likeness (QED) is 0.877. The van der Waals surface area contributed by atoms with Gasteiger partial charge in [0.1, 0.15) is 0 Å². The van der Waals surface area contributed by atoms with Gasteiger partial charge < -0.3 is 5.11 Å². The van der Waals surface area contributed by atoms with Crippen molar-refractivity contribution in [3.05, 3.63) is 46.2 Å². The summed E-state index contributed by atoms with van der Waals surface area (Å²) in [5, 5.41) is 9.67. The Morgan fingerprint density at radius 3 is 2.61 bits per heavy atom. The molecule has 0 saturated heterocycles. The smallest absolute Gasteiger partial charge is 0.336 e. The lowest BCUT2D eigenvalue weighted by Gasteiger charge is -2.05. The van der Waals surface area contributed by atoms with Crippen molar-refractivity contribution in [1.29, 1.82) is 0 Å². The van der Waals surface area contributed by atoms with E-state index < -0.39 is 5.97 Å². The third-order valence-corrected chi connectivity index (χ3v) is 3.59. The van der Waals surface area contributed by atoms with E-state index in [1.165, 1.54) is 11.8 Å². The molecule has 0 aliphatic carbocycles. The average molecular weight is 325 g/mol. The van der Waals surface area contributed by atoms with Gasteiger partial charge in [0.15, 0.2) is 5.16 Å². The topological polar surface area (TPSA) is 63.1 Å². The highest BCUT2D eigenvalue weighted by Gasteiger charge is 2.12. The fourth-order valence-electron chi connectivity index (χ4n) is 1.29. The van der Waals surface area contributed by atoms with Crippen LogP contribution in [0.5, 0.6) is 0 Å². The zero-order valence-electron chi connectivity index (χ0n) is 9.42. The van der Waals surface area contributed by atoms with Crippen molar-refractivity contribution in [2.75, 3.05) is 0 Å². The molecule has 1 aromatic heterocycles. The van der Waals surface area contributed by atoms with Crippen LogP contribution < -0.4 is 0 Å². The van der Waals surface area contributed by atoms with Crippen LogP contribution in [0.3, 0.4) is 0 Å². The maximum Gasteiger partial charge on any atom is 0.336 e. The molecule has 0 atom stereocenters. The molecule has 0 aliphatic heterocycles. The van der Waals surface area contributed by atoms with Gasteiger partial charge >= 0.3 is 5.97 Å². The molecule has 0 saturated carbocycles. The maximum absolute atomic E-state index is 11.1. The van der Waals surface area contributed by atoms with Gasteiger partial charge in [0.25, 0.3) is 0 Å². The summed E-state index contributed by atoms with van der Waals surface area (Å²) >= 11 is 4.49.